The molecule has 5 nitrogen and oxygen atoms in total. The molecule has 0 aromatic heterocycles. The number of nitro benzene ring substituents is 1. The first-order valence-electron chi connectivity index (χ1n) is 6.42. The number of hydrogen-bond donors (Lipinski definition) is 2. The number of benzene rings is 2. The maximum absolute atomic E-state index is 11.0. The summed E-state index contributed by atoms with van der Waals surface area (Å²) in [6.45, 7) is 0.991. The largest absolute Gasteiger partial charge is 0.392 e. The van der Waals surface area contributed by atoms with Crippen LogP contribution in [0.1, 0.15) is 16.7 Å². The molecule has 0 spiro atoms. The van der Waals surface area contributed by atoms with E-state index < -0.39 is 4.92 Å². The van der Waals surface area contributed by atoms with Gasteiger partial charge in [-0.05, 0) is 23.3 Å². The van der Waals surface area contributed by atoms with Crippen LogP contribution in [0.25, 0.3) is 0 Å². The fraction of sp³-hybridized carbons (Fsp3) is 0.200. The van der Waals surface area contributed by atoms with Crippen LogP contribution in [0.5, 0.6) is 0 Å². The molecule has 0 heterocycles. The van der Waals surface area contributed by atoms with Crippen LogP contribution >= 0.6 is 11.6 Å². The summed E-state index contributed by atoms with van der Waals surface area (Å²) in [6.07, 6.45) is 0. The van der Waals surface area contributed by atoms with Crippen molar-refractivity contribution in [2.75, 3.05) is 0 Å². The molecule has 0 atom stereocenters. The van der Waals surface area contributed by atoms with Gasteiger partial charge in [0.2, 0.25) is 0 Å². The first kappa shape index (κ1) is 15.4. The molecule has 0 fully saturated rings. The van der Waals surface area contributed by atoms with Gasteiger partial charge in [0.05, 0.1) is 11.5 Å². The third-order valence-corrected chi connectivity index (χ3v) is 3.33. The Bertz CT molecular complexity index is 629. The summed E-state index contributed by atoms with van der Waals surface area (Å²) in [4.78, 5) is 10.5. The molecule has 2 aromatic rings. The Kier molecular flexibility index (Phi) is 5.27. The van der Waals surface area contributed by atoms with E-state index in [1.165, 1.54) is 6.07 Å². The van der Waals surface area contributed by atoms with Gasteiger partial charge in [-0.25, -0.2) is 0 Å². The van der Waals surface area contributed by atoms with Gasteiger partial charge in [-0.3, -0.25) is 10.1 Å². The van der Waals surface area contributed by atoms with Crippen molar-refractivity contribution in [3.63, 3.8) is 0 Å². The molecular weight excluding hydrogens is 292 g/mol. The van der Waals surface area contributed by atoms with Crippen molar-refractivity contribution in [2.45, 2.75) is 19.7 Å². The first-order valence-corrected chi connectivity index (χ1v) is 6.80. The molecule has 2 N–H and O–H groups in total. The Hall–Kier alpha value is -1.95. The number of hydrogen-bond acceptors (Lipinski definition) is 4. The lowest BCUT2D eigenvalue weighted by Crippen LogP contribution is -2.13. The van der Waals surface area contributed by atoms with Gasteiger partial charge < -0.3 is 10.4 Å². The zero-order chi connectivity index (χ0) is 15.2. The smallest absolute Gasteiger partial charge is 0.275 e. The van der Waals surface area contributed by atoms with Crippen molar-refractivity contribution >= 4 is 17.3 Å². The molecule has 0 saturated heterocycles. The molecule has 0 amide bonds. The SMILES string of the molecule is O=[N+]([O-])c1cc(Cl)ccc1CNCc1ccc(CO)cc1. The lowest BCUT2D eigenvalue weighted by Gasteiger charge is -2.07. The molecule has 2 rings (SSSR count). The van der Waals surface area contributed by atoms with Crippen molar-refractivity contribution in [3.05, 3.63) is 74.3 Å². The highest BCUT2D eigenvalue weighted by Gasteiger charge is 2.13. The molecule has 0 aliphatic carbocycles. The van der Waals surface area contributed by atoms with Crippen molar-refractivity contribution in [2.24, 2.45) is 0 Å². The van der Waals surface area contributed by atoms with Crippen LogP contribution in [0, 0.1) is 10.1 Å². The number of halogens is 1. The number of nitrogens with zero attached hydrogens (tertiary/aromatic N) is 1. The van der Waals surface area contributed by atoms with Crippen LogP contribution in [-0.4, -0.2) is 10.0 Å². The number of nitro groups is 1. The maximum atomic E-state index is 11.0. The highest BCUT2D eigenvalue weighted by atomic mass is 35.5. The number of nitrogens with one attached hydrogen (secondary N) is 1. The van der Waals surface area contributed by atoms with Crippen molar-refractivity contribution in [1.29, 1.82) is 0 Å². The maximum Gasteiger partial charge on any atom is 0.275 e. The average molecular weight is 307 g/mol. The molecule has 21 heavy (non-hydrogen) atoms. The minimum absolute atomic E-state index is 0.0185. The Morgan fingerprint density at radius 2 is 1.76 bits per heavy atom. The van der Waals surface area contributed by atoms with Crippen molar-refractivity contribution in [1.82, 2.24) is 5.32 Å². The third kappa shape index (κ3) is 4.26. The van der Waals surface area contributed by atoms with E-state index in [9.17, 15) is 10.1 Å². The van der Waals surface area contributed by atoms with E-state index in [0.29, 0.717) is 23.7 Å². The minimum atomic E-state index is -0.432. The van der Waals surface area contributed by atoms with Gasteiger partial charge in [-0.2, -0.15) is 0 Å². The van der Waals surface area contributed by atoms with Crippen LogP contribution in [-0.2, 0) is 19.7 Å². The van der Waals surface area contributed by atoms with Gasteiger partial charge in [-0.15, -0.1) is 0 Å². The Balaban J connectivity index is 1.98. The molecule has 0 bridgehead atoms. The minimum Gasteiger partial charge on any atom is -0.392 e. The lowest BCUT2D eigenvalue weighted by atomic mass is 10.1. The second-order valence-electron chi connectivity index (χ2n) is 4.61. The highest BCUT2D eigenvalue weighted by Crippen LogP contribution is 2.23. The zero-order valence-electron chi connectivity index (χ0n) is 11.3. The van der Waals surface area contributed by atoms with E-state index >= 15 is 0 Å². The topological polar surface area (TPSA) is 75.4 Å². The van der Waals surface area contributed by atoms with Crippen LogP contribution < -0.4 is 5.32 Å². The molecule has 0 aliphatic rings. The molecular formula is C15H15ClN2O3. The zero-order valence-corrected chi connectivity index (χ0v) is 12.0. The predicted molar refractivity (Wildman–Crippen MR) is 81.0 cm³/mol. The average Bonchev–Trinajstić information content (AvgIpc) is 2.49. The highest BCUT2D eigenvalue weighted by molar-refractivity contribution is 6.30. The van der Waals surface area contributed by atoms with E-state index in [1.807, 2.05) is 24.3 Å². The summed E-state index contributed by atoms with van der Waals surface area (Å²) in [5.74, 6) is 0. The molecule has 0 aliphatic heterocycles. The van der Waals surface area contributed by atoms with Gasteiger partial charge >= 0.3 is 0 Å². The van der Waals surface area contributed by atoms with Crippen LogP contribution in [0.3, 0.4) is 0 Å². The summed E-state index contributed by atoms with van der Waals surface area (Å²) < 4.78 is 0. The van der Waals surface area contributed by atoms with E-state index in [-0.39, 0.29) is 12.3 Å². The van der Waals surface area contributed by atoms with E-state index in [2.05, 4.69) is 5.32 Å². The van der Waals surface area contributed by atoms with Gasteiger partial charge in [0.25, 0.3) is 5.69 Å². The third-order valence-electron chi connectivity index (χ3n) is 3.09. The van der Waals surface area contributed by atoms with Crippen molar-refractivity contribution in [3.8, 4) is 0 Å². The van der Waals surface area contributed by atoms with Crippen molar-refractivity contribution < 1.29 is 10.0 Å². The number of aliphatic hydroxyl groups is 1. The standard InChI is InChI=1S/C15H15ClN2O3/c16-14-6-5-13(15(7-14)18(20)21)9-17-8-11-1-3-12(10-19)4-2-11/h1-7,17,19H,8-10H2. The van der Waals surface area contributed by atoms with Crippen LogP contribution in [0.15, 0.2) is 42.5 Å². The van der Waals surface area contributed by atoms with E-state index in [1.54, 1.807) is 12.1 Å². The summed E-state index contributed by atoms with van der Waals surface area (Å²) >= 11 is 5.77. The Morgan fingerprint density at radius 1 is 1.10 bits per heavy atom. The van der Waals surface area contributed by atoms with E-state index in [4.69, 9.17) is 16.7 Å². The van der Waals surface area contributed by atoms with E-state index in [0.717, 1.165) is 11.1 Å². The van der Waals surface area contributed by atoms with Gasteiger partial charge in [0.15, 0.2) is 0 Å². The molecule has 0 saturated carbocycles. The summed E-state index contributed by atoms with van der Waals surface area (Å²) in [5, 5.41) is 23.5. The fourth-order valence-corrected chi connectivity index (χ4v) is 2.13. The summed E-state index contributed by atoms with van der Waals surface area (Å²) in [6, 6.07) is 12.2. The number of aliphatic hydroxyl groups excluding tert-OH is 1. The number of rotatable bonds is 6. The monoisotopic (exact) mass is 306 g/mol. The second-order valence-corrected chi connectivity index (χ2v) is 5.04. The van der Waals surface area contributed by atoms with Gasteiger partial charge in [0, 0.05) is 29.7 Å². The molecule has 6 heteroatoms. The Morgan fingerprint density at radius 3 is 2.38 bits per heavy atom. The lowest BCUT2D eigenvalue weighted by molar-refractivity contribution is -0.385. The van der Waals surface area contributed by atoms with Gasteiger partial charge in [0.1, 0.15) is 0 Å². The normalized spacial score (nSPS) is 10.6. The second kappa shape index (κ2) is 7.17. The molecule has 0 radical (unpaired) electrons. The molecule has 0 unspecified atom stereocenters. The van der Waals surface area contributed by atoms with Gasteiger partial charge in [-0.1, -0.05) is 35.9 Å². The first-order chi connectivity index (χ1) is 10.1. The molecule has 110 valence electrons. The quantitative estimate of drug-likeness (QED) is 0.635. The van der Waals surface area contributed by atoms with Crippen LogP contribution in [0.2, 0.25) is 5.02 Å². The Labute approximate surface area is 127 Å². The van der Waals surface area contributed by atoms with Crippen LogP contribution in [0.4, 0.5) is 5.69 Å². The summed E-state index contributed by atoms with van der Waals surface area (Å²) in [5.41, 5.74) is 2.51. The molecule has 2 aromatic carbocycles. The summed E-state index contributed by atoms with van der Waals surface area (Å²) in [7, 11) is 0. The predicted octanol–water partition coefficient (Wildman–Crippen LogP) is 3.03. The fourth-order valence-electron chi connectivity index (χ4n) is 1.96.